The summed E-state index contributed by atoms with van der Waals surface area (Å²) in [6.45, 7) is -0.118. The van der Waals surface area contributed by atoms with Crippen LogP contribution in [-0.2, 0) is 19.3 Å². The van der Waals surface area contributed by atoms with Gasteiger partial charge in [-0.15, -0.1) is 0 Å². The molecule has 70 valence electrons. The minimum atomic E-state index is -0.344. The average molecular weight is 174 g/mol. The van der Waals surface area contributed by atoms with Gasteiger partial charge in [0.15, 0.2) is 6.61 Å². The lowest BCUT2D eigenvalue weighted by atomic mass is 10.3. The lowest BCUT2D eigenvalue weighted by molar-refractivity contribution is -0.272. The lowest BCUT2D eigenvalue weighted by Gasteiger charge is -2.10. The third-order valence-electron chi connectivity index (χ3n) is 1.89. The largest absolute Gasteiger partial charge is 0.461 e. The normalized spacial score (nSPS) is 18.1. The Balaban J connectivity index is 2.08. The highest BCUT2D eigenvalue weighted by Crippen LogP contribution is 2.20. The number of carbonyl (C=O) groups is 1. The van der Waals surface area contributed by atoms with Crippen LogP contribution in [0.3, 0.4) is 0 Å². The summed E-state index contributed by atoms with van der Waals surface area (Å²) in [5.74, 6) is -0.344. The molecule has 1 saturated carbocycles. The number of ether oxygens (including phenoxy) is 1. The van der Waals surface area contributed by atoms with Gasteiger partial charge in [-0.25, -0.2) is 14.6 Å². The molecule has 0 N–H and O–H groups in total. The fourth-order valence-corrected chi connectivity index (χ4v) is 1.33. The Labute approximate surface area is 71.7 Å². The molecule has 4 nitrogen and oxygen atoms in total. The van der Waals surface area contributed by atoms with E-state index in [1.807, 2.05) is 0 Å². The van der Waals surface area contributed by atoms with Crippen molar-refractivity contribution in [3.63, 3.8) is 0 Å². The van der Waals surface area contributed by atoms with Gasteiger partial charge in [0.05, 0.1) is 7.11 Å². The van der Waals surface area contributed by atoms with Crippen LogP contribution < -0.4 is 0 Å². The summed E-state index contributed by atoms with van der Waals surface area (Å²) in [6.07, 6.45) is 4.39. The Bertz CT molecular complexity index is 140. The molecule has 0 atom stereocenters. The summed E-state index contributed by atoms with van der Waals surface area (Å²) in [5.41, 5.74) is 0. The predicted molar refractivity (Wildman–Crippen MR) is 41.3 cm³/mol. The van der Waals surface area contributed by atoms with E-state index in [9.17, 15) is 4.79 Å². The molecule has 0 saturated heterocycles. The number of rotatable bonds is 4. The van der Waals surface area contributed by atoms with Crippen LogP contribution >= 0.6 is 0 Å². The smallest absolute Gasteiger partial charge is 0.335 e. The molecule has 0 aromatic heterocycles. The van der Waals surface area contributed by atoms with E-state index in [4.69, 9.17) is 4.74 Å². The molecule has 0 aromatic carbocycles. The first-order valence-electron chi connectivity index (χ1n) is 4.18. The molecule has 1 fully saturated rings. The fraction of sp³-hybridized carbons (Fsp3) is 0.875. The lowest BCUT2D eigenvalue weighted by Crippen LogP contribution is -2.18. The van der Waals surface area contributed by atoms with Crippen LogP contribution in [0.2, 0.25) is 0 Å². The van der Waals surface area contributed by atoms with Gasteiger partial charge in [-0.05, 0) is 25.7 Å². The van der Waals surface area contributed by atoms with Crippen molar-refractivity contribution in [2.75, 3.05) is 13.7 Å². The monoisotopic (exact) mass is 174 g/mol. The van der Waals surface area contributed by atoms with Crippen LogP contribution in [0.15, 0.2) is 0 Å². The van der Waals surface area contributed by atoms with Gasteiger partial charge in [-0.3, -0.25) is 0 Å². The molecule has 0 amide bonds. The van der Waals surface area contributed by atoms with Crippen LogP contribution in [0.1, 0.15) is 25.7 Å². The maximum Gasteiger partial charge on any atom is 0.335 e. The number of hydrogen-bond donors (Lipinski definition) is 0. The van der Waals surface area contributed by atoms with Gasteiger partial charge in [0.2, 0.25) is 0 Å². The van der Waals surface area contributed by atoms with E-state index >= 15 is 0 Å². The summed E-state index contributed by atoms with van der Waals surface area (Å²) >= 11 is 0. The van der Waals surface area contributed by atoms with Gasteiger partial charge in [0, 0.05) is 0 Å². The van der Waals surface area contributed by atoms with Crippen molar-refractivity contribution in [2.45, 2.75) is 31.8 Å². The molecule has 0 spiro atoms. The Kier molecular flexibility index (Phi) is 4.04. The molecule has 0 heterocycles. The molecule has 1 aliphatic rings. The van der Waals surface area contributed by atoms with Crippen molar-refractivity contribution < 1.29 is 19.3 Å². The predicted octanol–water partition coefficient (Wildman–Crippen LogP) is 1.05. The molecular formula is C8H14O4. The second kappa shape index (κ2) is 5.11. The number of carbonyl (C=O) groups excluding carboxylic acids is 1. The first-order valence-corrected chi connectivity index (χ1v) is 4.18. The van der Waals surface area contributed by atoms with E-state index < -0.39 is 0 Å². The highest BCUT2D eigenvalue weighted by atomic mass is 17.2. The summed E-state index contributed by atoms with van der Waals surface area (Å²) in [5, 5.41) is 0. The van der Waals surface area contributed by atoms with Crippen molar-refractivity contribution in [1.82, 2.24) is 0 Å². The van der Waals surface area contributed by atoms with E-state index in [0.717, 1.165) is 25.7 Å². The van der Waals surface area contributed by atoms with Gasteiger partial charge in [-0.2, -0.15) is 0 Å². The zero-order valence-corrected chi connectivity index (χ0v) is 7.25. The quantitative estimate of drug-likeness (QED) is 0.363. The highest BCUT2D eigenvalue weighted by Gasteiger charge is 2.18. The van der Waals surface area contributed by atoms with E-state index in [2.05, 4.69) is 9.78 Å². The second-order valence-corrected chi connectivity index (χ2v) is 2.83. The molecular weight excluding hydrogens is 160 g/mol. The number of hydrogen-bond acceptors (Lipinski definition) is 4. The summed E-state index contributed by atoms with van der Waals surface area (Å²) in [6, 6.07) is 0. The standard InChI is InChI=1S/C8H14O4/c1-10-11-6-8(9)12-7-4-2-3-5-7/h7H,2-6H2,1H3. The zero-order valence-electron chi connectivity index (χ0n) is 7.25. The maximum atomic E-state index is 10.9. The minimum Gasteiger partial charge on any atom is -0.461 e. The third-order valence-corrected chi connectivity index (χ3v) is 1.89. The summed E-state index contributed by atoms with van der Waals surface area (Å²) in [4.78, 5) is 19.6. The fourth-order valence-electron chi connectivity index (χ4n) is 1.33. The van der Waals surface area contributed by atoms with Crippen molar-refractivity contribution in [1.29, 1.82) is 0 Å². The van der Waals surface area contributed by atoms with Crippen molar-refractivity contribution in [3.8, 4) is 0 Å². The molecule has 0 radical (unpaired) electrons. The Morgan fingerprint density at radius 1 is 1.42 bits per heavy atom. The Morgan fingerprint density at radius 3 is 2.67 bits per heavy atom. The molecule has 0 aromatic rings. The van der Waals surface area contributed by atoms with Crippen LogP contribution in [0.4, 0.5) is 0 Å². The molecule has 0 unspecified atom stereocenters. The molecule has 1 rings (SSSR count). The van der Waals surface area contributed by atoms with Crippen molar-refractivity contribution in [3.05, 3.63) is 0 Å². The molecule has 0 aliphatic heterocycles. The summed E-state index contributed by atoms with van der Waals surface area (Å²) in [7, 11) is 1.36. The van der Waals surface area contributed by atoms with Gasteiger partial charge < -0.3 is 4.74 Å². The number of esters is 1. The van der Waals surface area contributed by atoms with Crippen LogP contribution in [-0.4, -0.2) is 25.8 Å². The van der Waals surface area contributed by atoms with Gasteiger partial charge in [0.25, 0.3) is 0 Å². The molecule has 12 heavy (non-hydrogen) atoms. The first kappa shape index (κ1) is 9.48. The summed E-state index contributed by atoms with van der Waals surface area (Å²) < 4.78 is 5.07. The topological polar surface area (TPSA) is 44.8 Å². The zero-order chi connectivity index (χ0) is 8.81. The van der Waals surface area contributed by atoms with Crippen molar-refractivity contribution in [2.24, 2.45) is 0 Å². The molecule has 4 heteroatoms. The van der Waals surface area contributed by atoms with Gasteiger partial charge >= 0.3 is 5.97 Å². The molecule has 1 aliphatic carbocycles. The molecule has 0 bridgehead atoms. The van der Waals surface area contributed by atoms with Crippen LogP contribution in [0, 0.1) is 0 Å². The van der Waals surface area contributed by atoms with Gasteiger partial charge in [0.1, 0.15) is 6.10 Å². The minimum absolute atomic E-state index is 0.109. The highest BCUT2D eigenvalue weighted by molar-refractivity contribution is 5.70. The Morgan fingerprint density at radius 2 is 2.08 bits per heavy atom. The first-order chi connectivity index (χ1) is 5.83. The van der Waals surface area contributed by atoms with Gasteiger partial charge in [-0.1, -0.05) is 0 Å². The van der Waals surface area contributed by atoms with E-state index in [1.165, 1.54) is 7.11 Å². The van der Waals surface area contributed by atoms with Crippen LogP contribution in [0.25, 0.3) is 0 Å². The van der Waals surface area contributed by atoms with E-state index in [0.29, 0.717) is 0 Å². The van der Waals surface area contributed by atoms with E-state index in [-0.39, 0.29) is 18.7 Å². The maximum absolute atomic E-state index is 10.9. The SMILES string of the molecule is COOCC(=O)OC1CCCC1. The Hall–Kier alpha value is -0.610. The average Bonchev–Trinajstić information content (AvgIpc) is 2.53. The van der Waals surface area contributed by atoms with E-state index in [1.54, 1.807) is 0 Å². The third kappa shape index (κ3) is 3.19. The van der Waals surface area contributed by atoms with Crippen molar-refractivity contribution >= 4 is 5.97 Å². The van der Waals surface area contributed by atoms with Crippen LogP contribution in [0.5, 0.6) is 0 Å². The second-order valence-electron chi connectivity index (χ2n) is 2.83.